The summed E-state index contributed by atoms with van der Waals surface area (Å²) in [5.74, 6) is 6.22. The summed E-state index contributed by atoms with van der Waals surface area (Å²) in [4.78, 5) is 12.4. The monoisotopic (exact) mass is 543 g/mol. The molecule has 0 aromatic rings. The number of esters is 1. The highest BCUT2D eigenvalue weighted by molar-refractivity contribution is 7.77. The summed E-state index contributed by atoms with van der Waals surface area (Å²) in [7, 11) is 3.73. The second kappa shape index (κ2) is 12.8. The summed E-state index contributed by atoms with van der Waals surface area (Å²) in [5.41, 5.74) is 0.615. The predicted octanol–water partition coefficient (Wildman–Crippen LogP) is 6.70. The van der Waals surface area contributed by atoms with Crippen LogP contribution in [0.25, 0.3) is 0 Å². The Kier molecular flexibility index (Phi) is 11.4. The van der Waals surface area contributed by atoms with E-state index in [1.165, 1.54) is 12.8 Å². The third-order valence-electron chi connectivity index (χ3n) is 8.00. The van der Waals surface area contributed by atoms with Crippen molar-refractivity contribution in [3.05, 3.63) is 0 Å². The average molecular weight is 544 g/mol. The molecule has 0 bridgehead atoms. The minimum atomic E-state index is -0.179. The van der Waals surface area contributed by atoms with Gasteiger partial charge in [0.15, 0.2) is 0 Å². The highest BCUT2D eigenvalue weighted by atomic mass is 32.1. The first-order valence-electron chi connectivity index (χ1n) is 13.9. The number of ether oxygens (including phenoxy) is 2. The average Bonchev–Trinajstić information content (AvgIpc) is 2.71. The van der Waals surface area contributed by atoms with Crippen LogP contribution in [-0.2, 0) is 14.3 Å². The maximum Gasteiger partial charge on any atom is 0.306 e. The molecule has 0 unspecified atom stereocenters. The second-order valence-electron chi connectivity index (χ2n) is 13.6. The Morgan fingerprint density at radius 1 is 0.750 bits per heavy atom. The molecule has 2 N–H and O–H groups in total. The van der Waals surface area contributed by atoms with Gasteiger partial charge in [-0.2, -0.15) is 0 Å². The highest BCUT2D eigenvalue weighted by Crippen LogP contribution is 2.41. The minimum absolute atomic E-state index is 0.00368. The van der Waals surface area contributed by atoms with Gasteiger partial charge in [-0.15, -0.1) is 0 Å². The van der Waals surface area contributed by atoms with Crippen molar-refractivity contribution in [2.45, 2.75) is 167 Å². The van der Waals surface area contributed by atoms with Crippen LogP contribution in [0.4, 0.5) is 0 Å². The van der Waals surface area contributed by atoms with Crippen LogP contribution in [0, 0.1) is 0 Å². The summed E-state index contributed by atoms with van der Waals surface area (Å²) >= 11 is 4.74. The molecule has 2 aliphatic heterocycles. The molecule has 8 heteroatoms. The number of carbonyl (C=O) groups excluding carboxylic acids is 1. The van der Waals surface area contributed by atoms with Gasteiger partial charge in [0, 0.05) is 41.4 Å². The Morgan fingerprint density at radius 2 is 1.14 bits per heavy atom. The van der Waals surface area contributed by atoms with Crippen molar-refractivity contribution in [1.82, 2.24) is 9.31 Å². The molecular formula is C28H54N3O3PS. The van der Waals surface area contributed by atoms with Crippen molar-refractivity contribution in [2.75, 3.05) is 0 Å². The standard InChI is InChI=1S/C28H54N3O3PS/c1-25(2)17-21(18-26(3,4)30(25)29)33-23(32)15-13-11-9-10-12-14-16-24(35)34-22-19-27(5,6)31(36)28(7,8)20-22/h21-22,35-36H,9-20,29H2,1-8H3. The third-order valence-corrected chi connectivity index (χ3v) is 9.45. The van der Waals surface area contributed by atoms with Crippen molar-refractivity contribution in [3.8, 4) is 0 Å². The van der Waals surface area contributed by atoms with Crippen LogP contribution in [0.2, 0.25) is 0 Å². The van der Waals surface area contributed by atoms with Gasteiger partial charge in [-0.05, 0) is 87.5 Å². The normalized spacial score (nSPS) is 24.5. The van der Waals surface area contributed by atoms with E-state index in [2.05, 4.69) is 68.6 Å². The SMILES string of the molecule is CC1(C)CC(OC(=O)CCCCCCCCC(=P)OC2CC(C)(C)N(S)C(C)(C)C2)CC(C)(C)N1N. The lowest BCUT2D eigenvalue weighted by Crippen LogP contribution is -2.65. The molecule has 0 atom stereocenters. The van der Waals surface area contributed by atoms with Crippen LogP contribution in [0.3, 0.4) is 0 Å². The zero-order chi connectivity index (χ0) is 27.4. The van der Waals surface area contributed by atoms with Gasteiger partial charge in [0.05, 0.1) is 11.6 Å². The third kappa shape index (κ3) is 9.24. The van der Waals surface area contributed by atoms with E-state index in [1.807, 2.05) is 5.01 Å². The van der Waals surface area contributed by atoms with Crippen molar-refractivity contribution in [2.24, 2.45) is 5.84 Å². The van der Waals surface area contributed by atoms with Gasteiger partial charge >= 0.3 is 5.97 Å². The number of hydrazine groups is 1. The maximum atomic E-state index is 12.4. The Bertz CT molecular complexity index is 658. The molecule has 0 radical (unpaired) electrons. The largest absolute Gasteiger partial charge is 0.462 e. The number of carbonyl (C=O) groups is 1. The Hall–Kier alpha value is -0.170. The van der Waals surface area contributed by atoms with E-state index in [0.29, 0.717) is 6.42 Å². The number of hydrogen-bond donors (Lipinski definition) is 2. The quantitative estimate of drug-likeness (QED) is 0.0938. The zero-order valence-corrected chi connectivity index (χ0v) is 26.2. The summed E-state index contributed by atoms with van der Waals surface area (Å²) in [6.45, 7) is 17.4. The molecule has 0 aliphatic carbocycles. The lowest BCUT2D eigenvalue weighted by atomic mass is 9.80. The van der Waals surface area contributed by atoms with Crippen molar-refractivity contribution < 1.29 is 14.3 Å². The first kappa shape index (κ1) is 32.0. The molecule has 0 saturated carbocycles. The topological polar surface area (TPSA) is 68.0 Å². The van der Waals surface area contributed by atoms with E-state index in [1.54, 1.807) is 0 Å². The first-order valence-corrected chi connectivity index (χ1v) is 14.8. The fourth-order valence-corrected chi connectivity index (χ4v) is 6.82. The van der Waals surface area contributed by atoms with E-state index < -0.39 is 0 Å². The fraction of sp³-hybridized carbons (Fsp3) is 0.929. The molecular weight excluding hydrogens is 489 g/mol. The van der Waals surface area contributed by atoms with E-state index in [-0.39, 0.29) is 40.3 Å². The number of piperidine rings is 2. The number of thiol groups is 1. The van der Waals surface area contributed by atoms with Gasteiger partial charge < -0.3 is 9.47 Å². The molecule has 0 amide bonds. The van der Waals surface area contributed by atoms with Crippen LogP contribution >= 0.6 is 21.7 Å². The smallest absolute Gasteiger partial charge is 0.306 e. The Balaban J connectivity index is 1.54. The molecule has 2 saturated heterocycles. The number of hydrogen-bond acceptors (Lipinski definition) is 7. The lowest BCUT2D eigenvalue weighted by Gasteiger charge is -2.52. The minimum Gasteiger partial charge on any atom is -0.462 e. The van der Waals surface area contributed by atoms with Gasteiger partial charge in [-0.25, -0.2) is 9.31 Å². The lowest BCUT2D eigenvalue weighted by molar-refractivity contribution is -0.160. The van der Waals surface area contributed by atoms with E-state index >= 15 is 0 Å². The summed E-state index contributed by atoms with van der Waals surface area (Å²) in [6.07, 6.45) is 11.7. The van der Waals surface area contributed by atoms with Crippen molar-refractivity contribution in [1.29, 1.82) is 0 Å². The molecule has 0 aromatic heterocycles. The van der Waals surface area contributed by atoms with Crippen LogP contribution in [0.1, 0.15) is 132 Å². The van der Waals surface area contributed by atoms with Gasteiger partial charge in [0.1, 0.15) is 6.10 Å². The molecule has 0 aromatic carbocycles. The number of nitrogens with zero attached hydrogens (tertiary/aromatic N) is 2. The van der Waals surface area contributed by atoms with Crippen molar-refractivity contribution >= 4 is 33.1 Å². The van der Waals surface area contributed by atoms with Gasteiger partial charge in [-0.3, -0.25) is 10.6 Å². The number of unbranched alkanes of at least 4 members (excludes halogenated alkanes) is 5. The maximum absolute atomic E-state index is 12.4. The van der Waals surface area contributed by atoms with Gasteiger partial charge in [0.2, 0.25) is 0 Å². The molecule has 36 heavy (non-hydrogen) atoms. The molecule has 6 nitrogen and oxygen atoms in total. The first-order chi connectivity index (χ1) is 16.5. The highest BCUT2D eigenvalue weighted by Gasteiger charge is 2.46. The molecule has 0 spiro atoms. The fourth-order valence-electron chi connectivity index (χ4n) is 6.31. The zero-order valence-electron chi connectivity index (χ0n) is 24.3. The van der Waals surface area contributed by atoms with Gasteiger partial charge in [0.25, 0.3) is 0 Å². The molecule has 2 heterocycles. The van der Waals surface area contributed by atoms with Crippen LogP contribution in [0.5, 0.6) is 0 Å². The Morgan fingerprint density at radius 3 is 1.64 bits per heavy atom. The predicted molar refractivity (Wildman–Crippen MR) is 157 cm³/mol. The number of rotatable bonds is 12. The molecule has 2 aliphatic rings. The van der Waals surface area contributed by atoms with Crippen LogP contribution in [0.15, 0.2) is 0 Å². The van der Waals surface area contributed by atoms with Crippen LogP contribution in [-0.4, -0.2) is 55.1 Å². The molecule has 210 valence electrons. The Labute approximate surface area is 229 Å². The van der Waals surface area contributed by atoms with Crippen LogP contribution < -0.4 is 5.84 Å². The summed E-state index contributed by atoms with van der Waals surface area (Å²) in [5, 5.41) is 1.92. The van der Waals surface area contributed by atoms with Gasteiger partial charge in [-0.1, -0.05) is 47.4 Å². The second-order valence-corrected chi connectivity index (χ2v) is 14.6. The van der Waals surface area contributed by atoms with Crippen molar-refractivity contribution in [3.63, 3.8) is 0 Å². The summed E-state index contributed by atoms with van der Waals surface area (Å²) in [6, 6.07) is 0. The number of nitrogens with two attached hydrogens (primary N) is 1. The van der Waals surface area contributed by atoms with E-state index in [0.717, 1.165) is 63.3 Å². The summed E-state index contributed by atoms with van der Waals surface area (Å²) < 4.78 is 14.3. The molecule has 2 rings (SSSR count). The van der Waals surface area contributed by atoms with E-state index in [4.69, 9.17) is 28.1 Å². The van der Waals surface area contributed by atoms with E-state index in [9.17, 15) is 4.79 Å². The molecule has 2 fully saturated rings.